The van der Waals surface area contributed by atoms with Crippen LogP contribution in [0.5, 0.6) is 0 Å². The van der Waals surface area contributed by atoms with Gasteiger partial charge in [-0.2, -0.15) is 5.10 Å². The lowest BCUT2D eigenvalue weighted by molar-refractivity contribution is 0.763. The van der Waals surface area contributed by atoms with Gasteiger partial charge < -0.3 is 10.3 Å². The molecule has 0 unspecified atom stereocenters. The molecule has 0 aliphatic carbocycles. The second-order valence-corrected chi connectivity index (χ2v) is 4.53. The Morgan fingerprint density at radius 2 is 2.21 bits per heavy atom. The molecule has 19 heavy (non-hydrogen) atoms. The first kappa shape index (κ1) is 11.5. The maximum atomic E-state index is 5.82. The number of nitrogens with two attached hydrogens (primary N) is 1. The minimum absolute atomic E-state index is 0.744. The smallest absolute Gasteiger partial charge is 0.140 e. The molecule has 0 saturated carbocycles. The Balaban J connectivity index is 1.94. The van der Waals surface area contributed by atoms with Crippen molar-refractivity contribution in [2.24, 2.45) is 7.05 Å². The number of hydrogen-bond acceptors (Lipinski definition) is 3. The number of anilines is 1. The van der Waals surface area contributed by atoms with Crippen molar-refractivity contribution in [3.8, 4) is 11.4 Å². The normalized spacial score (nSPS) is 10.8. The largest absolute Gasteiger partial charge is 0.399 e. The third-order valence-electron chi connectivity index (χ3n) is 2.97. The van der Waals surface area contributed by atoms with E-state index in [1.807, 2.05) is 49.9 Å². The highest BCUT2D eigenvalue weighted by atomic mass is 15.2. The second-order valence-electron chi connectivity index (χ2n) is 4.53. The SMILES string of the molecule is Cn1cc(Cn2ccnc2-c2cccc(N)c2)cn1. The third-order valence-corrected chi connectivity index (χ3v) is 2.97. The average molecular weight is 253 g/mol. The summed E-state index contributed by atoms with van der Waals surface area (Å²) in [6, 6.07) is 7.76. The van der Waals surface area contributed by atoms with Gasteiger partial charge in [0.05, 0.1) is 12.7 Å². The van der Waals surface area contributed by atoms with Crippen molar-refractivity contribution in [1.82, 2.24) is 19.3 Å². The molecule has 0 aliphatic heterocycles. The van der Waals surface area contributed by atoms with Gasteiger partial charge in [-0.1, -0.05) is 12.1 Å². The summed E-state index contributed by atoms with van der Waals surface area (Å²) in [5.74, 6) is 0.913. The van der Waals surface area contributed by atoms with Crippen molar-refractivity contribution in [2.45, 2.75) is 6.54 Å². The molecule has 96 valence electrons. The standard InChI is InChI=1S/C14H15N5/c1-18-9-11(8-17-18)10-19-6-5-16-14(19)12-3-2-4-13(15)7-12/h2-9H,10,15H2,1H3. The second kappa shape index (κ2) is 4.61. The van der Waals surface area contributed by atoms with E-state index in [1.54, 1.807) is 10.9 Å². The number of benzene rings is 1. The average Bonchev–Trinajstić information content (AvgIpc) is 2.99. The molecule has 0 atom stereocenters. The van der Waals surface area contributed by atoms with Crippen molar-refractivity contribution in [3.63, 3.8) is 0 Å². The fraction of sp³-hybridized carbons (Fsp3) is 0.143. The summed E-state index contributed by atoms with van der Waals surface area (Å²) in [6.07, 6.45) is 7.63. The van der Waals surface area contributed by atoms with Gasteiger partial charge in [0.2, 0.25) is 0 Å². The number of hydrogen-bond donors (Lipinski definition) is 1. The molecule has 3 aromatic rings. The fourth-order valence-electron chi connectivity index (χ4n) is 2.13. The highest BCUT2D eigenvalue weighted by molar-refractivity contribution is 5.61. The molecule has 1 aromatic carbocycles. The van der Waals surface area contributed by atoms with E-state index in [-0.39, 0.29) is 0 Å². The molecule has 2 aromatic heterocycles. The van der Waals surface area contributed by atoms with E-state index in [1.165, 1.54) is 0 Å². The first-order valence-corrected chi connectivity index (χ1v) is 6.07. The fourth-order valence-corrected chi connectivity index (χ4v) is 2.13. The predicted molar refractivity (Wildman–Crippen MR) is 74.4 cm³/mol. The van der Waals surface area contributed by atoms with Crippen LogP contribution in [0.25, 0.3) is 11.4 Å². The number of aryl methyl sites for hydroxylation is 1. The molecule has 5 nitrogen and oxygen atoms in total. The molecule has 0 aliphatic rings. The topological polar surface area (TPSA) is 61.7 Å². The molecular weight excluding hydrogens is 238 g/mol. The summed E-state index contributed by atoms with van der Waals surface area (Å²) in [7, 11) is 1.91. The monoisotopic (exact) mass is 253 g/mol. The first-order valence-electron chi connectivity index (χ1n) is 6.07. The van der Waals surface area contributed by atoms with Crippen LogP contribution < -0.4 is 5.73 Å². The Kier molecular flexibility index (Phi) is 2.79. The lowest BCUT2D eigenvalue weighted by Crippen LogP contribution is -2.00. The maximum absolute atomic E-state index is 5.82. The third kappa shape index (κ3) is 2.35. The van der Waals surface area contributed by atoms with Crippen molar-refractivity contribution in [2.75, 3.05) is 5.73 Å². The summed E-state index contributed by atoms with van der Waals surface area (Å²) < 4.78 is 3.89. The highest BCUT2D eigenvalue weighted by Gasteiger charge is 2.07. The van der Waals surface area contributed by atoms with Crippen LogP contribution in [0.1, 0.15) is 5.56 Å². The van der Waals surface area contributed by atoms with Crippen LogP contribution in [0.4, 0.5) is 5.69 Å². The molecule has 3 rings (SSSR count). The van der Waals surface area contributed by atoms with Crippen LogP contribution in [-0.2, 0) is 13.6 Å². The van der Waals surface area contributed by atoms with Gasteiger partial charge in [-0.25, -0.2) is 4.98 Å². The number of nitrogens with zero attached hydrogens (tertiary/aromatic N) is 4. The van der Waals surface area contributed by atoms with Crippen molar-refractivity contribution in [3.05, 3.63) is 54.6 Å². The van der Waals surface area contributed by atoms with E-state index in [0.717, 1.165) is 29.2 Å². The summed E-state index contributed by atoms with van der Waals surface area (Å²) in [4.78, 5) is 4.41. The van der Waals surface area contributed by atoms with Gasteiger partial charge in [0.15, 0.2) is 0 Å². The lowest BCUT2D eigenvalue weighted by atomic mass is 10.2. The van der Waals surface area contributed by atoms with Crippen LogP contribution in [0, 0.1) is 0 Å². The minimum Gasteiger partial charge on any atom is -0.399 e. The van der Waals surface area contributed by atoms with Gasteiger partial charge in [-0.15, -0.1) is 0 Å². The number of nitrogen functional groups attached to an aromatic ring is 1. The van der Waals surface area contributed by atoms with Crippen molar-refractivity contribution in [1.29, 1.82) is 0 Å². The first-order chi connectivity index (χ1) is 9.22. The minimum atomic E-state index is 0.744. The summed E-state index contributed by atoms with van der Waals surface area (Å²) in [5.41, 5.74) is 8.73. The Morgan fingerprint density at radius 3 is 2.95 bits per heavy atom. The van der Waals surface area contributed by atoms with Gasteiger partial charge >= 0.3 is 0 Å². The zero-order valence-electron chi connectivity index (χ0n) is 10.7. The Bertz CT molecular complexity index is 695. The molecule has 0 radical (unpaired) electrons. The van der Waals surface area contributed by atoms with Crippen LogP contribution in [0.15, 0.2) is 49.1 Å². The summed E-state index contributed by atoms with van der Waals surface area (Å²) in [5, 5.41) is 4.18. The summed E-state index contributed by atoms with van der Waals surface area (Å²) in [6.45, 7) is 0.748. The molecule has 0 fully saturated rings. The van der Waals surface area contributed by atoms with Gasteiger partial charge in [0, 0.05) is 42.5 Å². The van der Waals surface area contributed by atoms with E-state index in [0.29, 0.717) is 0 Å². The molecular formula is C14H15N5. The molecule has 5 heteroatoms. The van der Waals surface area contributed by atoms with E-state index in [9.17, 15) is 0 Å². The van der Waals surface area contributed by atoms with Gasteiger partial charge in [-0.3, -0.25) is 4.68 Å². The van der Waals surface area contributed by atoms with Gasteiger partial charge in [-0.05, 0) is 12.1 Å². The maximum Gasteiger partial charge on any atom is 0.140 e. The Hall–Kier alpha value is -2.56. The van der Waals surface area contributed by atoms with E-state index in [2.05, 4.69) is 14.6 Å². The highest BCUT2D eigenvalue weighted by Crippen LogP contribution is 2.20. The molecule has 2 heterocycles. The van der Waals surface area contributed by atoms with Crippen LogP contribution in [0.2, 0.25) is 0 Å². The number of aromatic nitrogens is 4. The summed E-state index contributed by atoms with van der Waals surface area (Å²) >= 11 is 0. The molecule has 2 N–H and O–H groups in total. The predicted octanol–water partition coefficient (Wildman–Crippen LogP) is 1.91. The Morgan fingerprint density at radius 1 is 1.32 bits per heavy atom. The molecule has 0 spiro atoms. The number of imidazole rings is 1. The van der Waals surface area contributed by atoms with E-state index < -0.39 is 0 Å². The van der Waals surface area contributed by atoms with Crippen LogP contribution in [-0.4, -0.2) is 19.3 Å². The zero-order valence-corrected chi connectivity index (χ0v) is 10.7. The van der Waals surface area contributed by atoms with Crippen molar-refractivity contribution < 1.29 is 0 Å². The van der Waals surface area contributed by atoms with E-state index in [4.69, 9.17) is 5.73 Å². The number of rotatable bonds is 3. The van der Waals surface area contributed by atoms with Gasteiger partial charge in [0.1, 0.15) is 5.82 Å². The van der Waals surface area contributed by atoms with Crippen LogP contribution in [0.3, 0.4) is 0 Å². The lowest BCUT2D eigenvalue weighted by Gasteiger charge is -2.07. The van der Waals surface area contributed by atoms with Crippen molar-refractivity contribution >= 4 is 5.69 Å². The molecule has 0 saturated heterocycles. The Labute approximate surface area is 111 Å². The quantitative estimate of drug-likeness (QED) is 0.725. The zero-order chi connectivity index (χ0) is 13.2. The van der Waals surface area contributed by atoms with Gasteiger partial charge in [0.25, 0.3) is 0 Å². The van der Waals surface area contributed by atoms with E-state index >= 15 is 0 Å². The van der Waals surface area contributed by atoms with Crippen LogP contribution >= 0.6 is 0 Å². The molecule has 0 bridgehead atoms. The molecule has 0 amide bonds.